The van der Waals surface area contributed by atoms with Crippen molar-refractivity contribution in [2.24, 2.45) is 5.73 Å². The van der Waals surface area contributed by atoms with E-state index in [-0.39, 0.29) is 5.15 Å². The number of hydrogen-bond donors (Lipinski definition) is 1. The molecule has 2 aromatic rings. The summed E-state index contributed by atoms with van der Waals surface area (Å²) in [6.07, 6.45) is 0.0591. The van der Waals surface area contributed by atoms with Gasteiger partial charge in [-0.15, -0.1) is 11.3 Å². The molecule has 0 aliphatic carbocycles. The van der Waals surface area contributed by atoms with Gasteiger partial charge in [-0.1, -0.05) is 29.3 Å². The number of rotatable bonds is 6. The van der Waals surface area contributed by atoms with Gasteiger partial charge in [0.25, 0.3) is 0 Å². The van der Waals surface area contributed by atoms with E-state index in [1.807, 2.05) is 32.9 Å². The highest BCUT2D eigenvalue weighted by Crippen LogP contribution is 2.42. The molecule has 3 rings (SSSR count). The molecule has 9 heteroatoms. The second-order valence-electron chi connectivity index (χ2n) is 7.63. The largest absolute Gasteiger partial charge is 0.459 e. The van der Waals surface area contributed by atoms with Crippen molar-refractivity contribution >= 4 is 40.5 Å². The second kappa shape index (κ2) is 9.29. The highest BCUT2D eigenvalue weighted by Gasteiger charge is 2.35. The maximum atomic E-state index is 13.3. The number of aromatic nitrogens is 1. The summed E-state index contributed by atoms with van der Waals surface area (Å²) in [6.45, 7) is 6.88. The van der Waals surface area contributed by atoms with Crippen molar-refractivity contribution in [1.29, 1.82) is 0 Å². The highest BCUT2D eigenvalue weighted by molar-refractivity contribution is 7.16. The minimum Gasteiger partial charge on any atom is -0.459 e. The van der Waals surface area contributed by atoms with Crippen LogP contribution in [0.1, 0.15) is 54.7 Å². The van der Waals surface area contributed by atoms with Crippen molar-refractivity contribution in [2.45, 2.75) is 45.0 Å². The number of carbonyl (C=O) groups is 1. The van der Waals surface area contributed by atoms with Crippen LogP contribution < -0.4 is 5.73 Å². The molecule has 2 aromatic heterocycles. The van der Waals surface area contributed by atoms with Gasteiger partial charge < -0.3 is 19.9 Å². The second-order valence-corrected chi connectivity index (χ2v) is 9.71. The summed E-state index contributed by atoms with van der Waals surface area (Å²) in [6, 6.07) is 5.34. The van der Waals surface area contributed by atoms with E-state index in [9.17, 15) is 4.79 Å². The van der Waals surface area contributed by atoms with E-state index in [2.05, 4.69) is 4.98 Å². The number of nitrogens with zero attached hydrogens (tertiary/aromatic N) is 1. The van der Waals surface area contributed by atoms with Crippen LogP contribution in [0.15, 0.2) is 18.2 Å². The number of ether oxygens (including phenoxy) is 3. The van der Waals surface area contributed by atoms with Gasteiger partial charge in [0.1, 0.15) is 16.7 Å². The summed E-state index contributed by atoms with van der Waals surface area (Å²) in [5.41, 5.74) is 7.00. The van der Waals surface area contributed by atoms with Crippen LogP contribution in [-0.4, -0.2) is 36.3 Å². The topological polar surface area (TPSA) is 83.7 Å². The summed E-state index contributed by atoms with van der Waals surface area (Å²) in [5, 5.41) is 0.281. The zero-order valence-corrected chi connectivity index (χ0v) is 18.9. The van der Waals surface area contributed by atoms with Gasteiger partial charge >= 0.3 is 5.97 Å². The molecule has 0 bridgehead atoms. The molecule has 29 heavy (non-hydrogen) atoms. The number of pyridine rings is 1. The highest BCUT2D eigenvalue weighted by atomic mass is 35.5. The van der Waals surface area contributed by atoms with E-state index in [1.54, 1.807) is 6.07 Å². The maximum Gasteiger partial charge on any atom is 0.320 e. The predicted octanol–water partition coefficient (Wildman–Crippen LogP) is 4.47. The van der Waals surface area contributed by atoms with Crippen LogP contribution in [0.5, 0.6) is 0 Å². The number of carbonyl (C=O) groups excluding carboxylic acids is 1. The molecule has 1 unspecified atom stereocenters. The van der Waals surface area contributed by atoms with Crippen molar-refractivity contribution < 1.29 is 19.0 Å². The predicted molar refractivity (Wildman–Crippen MR) is 114 cm³/mol. The lowest BCUT2D eigenvalue weighted by Crippen LogP contribution is -2.29. The molecule has 6 nitrogen and oxygen atoms in total. The quantitative estimate of drug-likeness (QED) is 0.507. The molecule has 0 radical (unpaired) electrons. The molecule has 158 valence electrons. The fourth-order valence-electron chi connectivity index (χ4n) is 3.08. The SMILES string of the molecule is CC(C)(C)OC(=O)C(c1cc(C2OCCO2)sc1Cl)c1nc(Cl)ccc1CCN. The average Bonchev–Trinajstić information content (AvgIpc) is 3.26. The van der Waals surface area contributed by atoms with Gasteiger partial charge in [-0.05, 0) is 51.4 Å². The first kappa shape index (κ1) is 22.5. The Bertz CT molecular complexity index is 876. The van der Waals surface area contributed by atoms with E-state index >= 15 is 0 Å². The normalized spacial score (nSPS) is 16.2. The van der Waals surface area contributed by atoms with Crippen molar-refractivity contribution in [3.05, 3.63) is 49.4 Å². The minimum absolute atomic E-state index is 0.281. The van der Waals surface area contributed by atoms with Crippen LogP contribution in [0, 0.1) is 0 Å². The molecule has 1 aliphatic heterocycles. The third kappa shape index (κ3) is 5.48. The first-order chi connectivity index (χ1) is 13.7. The summed E-state index contributed by atoms with van der Waals surface area (Å²) in [5.74, 6) is -1.29. The van der Waals surface area contributed by atoms with Crippen LogP contribution in [0.3, 0.4) is 0 Å². The zero-order chi connectivity index (χ0) is 21.2. The van der Waals surface area contributed by atoms with E-state index < -0.39 is 23.8 Å². The number of nitrogens with two attached hydrogens (primary N) is 1. The van der Waals surface area contributed by atoms with Gasteiger partial charge in [-0.25, -0.2) is 4.98 Å². The van der Waals surface area contributed by atoms with Gasteiger partial charge in [-0.3, -0.25) is 4.79 Å². The van der Waals surface area contributed by atoms with Gasteiger partial charge in [0, 0.05) is 5.56 Å². The van der Waals surface area contributed by atoms with Crippen molar-refractivity contribution in [1.82, 2.24) is 4.98 Å². The number of hydrogen-bond acceptors (Lipinski definition) is 7. The Morgan fingerprint density at radius 3 is 2.66 bits per heavy atom. The zero-order valence-electron chi connectivity index (χ0n) is 16.5. The van der Waals surface area contributed by atoms with E-state index in [1.165, 1.54) is 11.3 Å². The Labute approximate surface area is 184 Å². The Balaban J connectivity index is 2.10. The summed E-state index contributed by atoms with van der Waals surface area (Å²) in [7, 11) is 0. The lowest BCUT2D eigenvalue weighted by atomic mass is 9.92. The molecule has 0 saturated carbocycles. The van der Waals surface area contributed by atoms with Crippen LogP contribution in [0.2, 0.25) is 9.49 Å². The van der Waals surface area contributed by atoms with Crippen molar-refractivity contribution in [3.8, 4) is 0 Å². The third-order valence-corrected chi connectivity index (χ3v) is 5.83. The smallest absolute Gasteiger partial charge is 0.320 e. The Morgan fingerprint density at radius 2 is 2.03 bits per heavy atom. The van der Waals surface area contributed by atoms with Gasteiger partial charge in [0.2, 0.25) is 0 Å². The van der Waals surface area contributed by atoms with Crippen molar-refractivity contribution in [3.63, 3.8) is 0 Å². The van der Waals surface area contributed by atoms with Crippen LogP contribution >= 0.6 is 34.5 Å². The Morgan fingerprint density at radius 1 is 1.34 bits per heavy atom. The fraction of sp³-hybridized carbons (Fsp3) is 0.500. The lowest BCUT2D eigenvalue weighted by molar-refractivity contribution is -0.155. The minimum atomic E-state index is -0.839. The molecule has 0 aromatic carbocycles. The van der Waals surface area contributed by atoms with E-state index in [0.717, 1.165) is 10.4 Å². The molecule has 0 spiro atoms. The number of halogens is 2. The standard InChI is InChI=1S/C20H24Cl2N2O4S/c1-20(2,3)28-18(25)15(16-11(6-7-23)4-5-14(21)24-16)12-10-13(29-17(12)22)19-26-8-9-27-19/h4-5,10,15,19H,6-9,23H2,1-3H3. The summed E-state index contributed by atoms with van der Waals surface area (Å²) in [4.78, 5) is 18.5. The maximum absolute atomic E-state index is 13.3. The fourth-order valence-corrected chi connectivity index (χ4v) is 4.58. The molecule has 1 saturated heterocycles. The molecule has 2 N–H and O–H groups in total. The van der Waals surface area contributed by atoms with Crippen LogP contribution in [-0.2, 0) is 25.4 Å². The van der Waals surface area contributed by atoms with Crippen LogP contribution in [0.25, 0.3) is 0 Å². The molecular formula is C20H24Cl2N2O4S. The Hall–Kier alpha value is -1.22. The van der Waals surface area contributed by atoms with Gasteiger partial charge in [0.05, 0.1) is 28.1 Å². The molecule has 0 amide bonds. The molecule has 1 atom stereocenters. The third-order valence-electron chi connectivity index (χ3n) is 4.21. The number of thiophene rings is 1. The van der Waals surface area contributed by atoms with Gasteiger partial charge in [0.15, 0.2) is 6.29 Å². The van der Waals surface area contributed by atoms with E-state index in [0.29, 0.717) is 41.8 Å². The first-order valence-electron chi connectivity index (χ1n) is 9.30. The molecule has 3 heterocycles. The van der Waals surface area contributed by atoms with Gasteiger partial charge in [-0.2, -0.15) is 0 Å². The summed E-state index contributed by atoms with van der Waals surface area (Å²) < 4.78 is 17.3. The average molecular weight is 459 g/mol. The monoisotopic (exact) mass is 458 g/mol. The lowest BCUT2D eigenvalue weighted by Gasteiger charge is -2.25. The molecular weight excluding hydrogens is 435 g/mol. The molecule has 1 aliphatic rings. The number of esters is 1. The van der Waals surface area contributed by atoms with Crippen molar-refractivity contribution in [2.75, 3.05) is 19.8 Å². The van der Waals surface area contributed by atoms with E-state index in [4.69, 9.17) is 43.1 Å². The summed E-state index contributed by atoms with van der Waals surface area (Å²) >= 11 is 14.1. The molecule has 1 fully saturated rings. The Kier molecular flexibility index (Phi) is 7.19. The first-order valence-corrected chi connectivity index (χ1v) is 10.9. The van der Waals surface area contributed by atoms with Crippen LogP contribution in [0.4, 0.5) is 0 Å².